The first-order valence-corrected chi connectivity index (χ1v) is 9.65. The van der Waals surface area contributed by atoms with Crippen molar-refractivity contribution in [1.82, 2.24) is 5.32 Å². The number of nitrogens with one attached hydrogen (secondary N) is 2. The maximum atomic E-state index is 13.0. The molecule has 0 aromatic heterocycles. The Morgan fingerprint density at radius 2 is 1.75 bits per heavy atom. The van der Waals surface area contributed by atoms with Crippen LogP contribution in [0, 0.1) is 11.7 Å². The van der Waals surface area contributed by atoms with Crippen LogP contribution in [0.2, 0.25) is 0 Å². The zero-order valence-corrected chi connectivity index (χ0v) is 16.0. The summed E-state index contributed by atoms with van der Waals surface area (Å²) in [5, 5.41) is 5.84. The molecule has 1 fully saturated rings. The Morgan fingerprint density at radius 3 is 2.39 bits per heavy atom. The minimum absolute atomic E-state index is 0.0135. The van der Waals surface area contributed by atoms with Gasteiger partial charge >= 0.3 is 0 Å². The SMILES string of the molecule is CC(NC(=O)C1CCCC(N)C1)c1ccc(NC(=O)c2ccc(F)cc2)cc1. The lowest BCUT2D eigenvalue weighted by Crippen LogP contribution is -2.38. The van der Waals surface area contributed by atoms with E-state index in [0.717, 1.165) is 31.2 Å². The molecule has 3 unspecified atom stereocenters. The number of nitrogens with two attached hydrogens (primary N) is 1. The third kappa shape index (κ3) is 5.16. The second-order valence-electron chi connectivity index (χ2n) is 7.44. The predicted octanol–water partition coefficient (Wildman–Crippen LogP) is 3.77. The Bertz CT molecular complexity index is 821. The molecule has 1 aliphatic rings. The van der Waals surface area contributed by atoms with Crippen molar-refractivity contribution in [3.63, 3.8) is 0 Å². The molecule has 1 saturated carbocycles. The Hall–Kier alpha value is -2.73. The van der Waals surface area contributed by atoms with Gasteiger partial charge in [0.25, 0.3) is 5.91 Å². The molecule has 0 radical (unpaired) electrons. The van der Waals surface area contributed by atoms with Crippen molar-refractivity contribution < 1.29 is 14.0 Å². The molecule has 2 aromatic rings. The van der Waals surface area contributed by atoms with Gasteiger partial charge in [-0.05, 0) is 68.1 Å². The van der Waals surface area contributed by atoms with Crippen molar-refractivity contribution in [2.75, 3.05) is 5.32 Å². The summed E-state index contributed by atoms with van der Waals surface area (Å²) in [5.74, 6) is -0.647. The molecule has 2 amide bonds. The second-order valence-corrected chi connectivity index (χ2v) is 7.44. The first-order valence-electron chi connectivity index (χ1n) is 9.65. The van der Waals surface area contributed by atoms with Crippen LogP contribution in [0.15, 0.2) is 48.5 Å². The highest BCUT2D eigenvalue weighted by Crippen LogP contribution is 2.24. The molecule has 4 N–H and O–H groups in total. The monoisotopic (exact) mass is 383 g/mol. The Balaban J connectivity index is 1.56. The summed E-state index contributed by atoms with van der Waals surface area (Å²) in [6.07, 6.45) is 3.62. The van der Waals surface area contributed by atoms with Crippen LogP contribution in [0.5, 0.6) is 0 Å². The van der Waals surface area contributed by atoms with Crippen molar-refractivity contribution in [2.24, 2.45) is 11.7 Å². The van der Waals surface area contributed by atoms with Gasteiger partial charge in [0.2, 0.25) is 5.91 Å². The molecule has 1 aliphatic carbocycles. The van der Waals surface area contributed by atoms with Crippen LogP contribution in [0.1, 0.15) is 54.6 Å². The van der Waals surface area contributed by atoms with E-state index in [1.54, 1.807) is 12.1 Å². The normalized spacial score (nSPS) is 20.2. The van der Waals surface area contributed by atoms with Crippen LogP contribution in [-0.2, 0) is 4.79 Å². The zero-order valence-electron chi connectivity index (χ0n) is 16.0. The molecule has 0 aliphatic heterocycles. The van der Waals surface area contributed by atoms with Crippen LogP contribution in [0.25, 0.3) is 0 Å². The Labute approximate surface area is 164 Å². The highest BCUT2D eigenvalue weighted by molar-refractivity contribution is 6.04. The van der Waals surface area contributed by atoms with Crippen LogP contribution < -0.4 is 16.4 Å². The van der Waals surface area contributed by atoms with Gasteiger partial charge in [-0.25, -0.2) is 4.39 Å². The third-order valence-corrected chi connectivity index (χ3v) is 5.22. The molecule has 0 saturated heterocycles. The number of benzene rings is 2. The third-order valence-electron chi connectivity index (χ3n) is 5.22. The Kier molecular flexibility index (Phi) is 6.41. The number of rotatable bonds is 5. The fourth-order valence-electron chi connectivity index (χ4n) is 3.54. The summed E-state index contributed by atoms with van der Waals surface area (Å²) in [4.78, 5) is 24.7. The molecule has 148 valence electrons. The fourth-order valence-corrected chi connectivity index (χ4v) is 3.54. The van der Waals surface area contributed by atoms with Crippen molar-refractivity contribution in [1.29, 1.82) is 0 Å². The van der Waals surface area contributed by atoms with Crippen LogP contribution >= 0.6 is 0 Å². The van der Waals surface area contributed by atoms with Gasteiger partial charge in [-0.3, -0.25) is 9.59 Å². The molecular weight excluding hydrogens is 357 g/mol. The molecule has 28 heavy (non-hydrogen) atoms. The van der Waals surface area contributed by atoms with Crippen LogP contribution in [-0.4, -0.2) is 17.9 Å². The number of carbonyl (C=O) groups excluding carboxylic acids is 2. The molecule has 2 aromatic carbocycles. The van der Waals surface area contributed by atoms with Gasteiger partial charge in [-0.15, -0.1) is 0 Å². The first kappa shape index (κ1) is 20.0. The number of hydrogen-bond donors (Lipinski definition) is 3. The van der Waals surface area contributed by atoms with E-state index in [2.05, 4.69) is 10.6 Å². The van der Waals surface area contributed by atoms with Gasteiger partial charge in [0.15, 0.2) is 0 Å². The first-order chi connectivity index (χ1) is 13.4. The fraction of sp³-hybridized carbons (Fsp3) is 0.364. The van der Waals surface area contributed by atoms with Crippen LogP contribution in [0.4, 0.5) is 10.1 Å². The number of anilines is 1. The highest BCUT2D eigenvalue weighted by atomic mass is 19.1. The topological polar surface area (TPSA) is 84.2 Å². The van der Waals surface area contributed by atoms with Gasteiger partial charge in [-0.2, -0.15) is 0 Å². The van der Waals surface area contributed by atoms with E-state index in [9.17, 15) is 14.0 Å². The van der Waals surface area contributed by atoms with Gasteiger partial charge < -0.3 is 16.4 Å². The number of halogens is 1. The summed E-state index contributed by atoms with van der Waals surface area (Å²) >= 11 is 0. The molecular formula is C22H26FN3O2. The van der Waals surface area contributed by atoms with Crippen molar-refractivity contribution >= 4 is 17.5 Å². The minimum Gasteiger partial charge on any atom is -0.349 e. The van der Waals surface area contributed by atoms with Crippen molar-refractivity contribution in [3.8, 4) is 0 Å². The Morgan fingerprint density at radius 1 is 1.07 bits per heavy atom. The van der Waals surface area contributed by atoms with E-state index in [1.807, 2.05) is 19.1 Å². The molecule has 5 nitrogen and oxygen atoms in total. The predicted molar refractivity (Wildman–Crippen MR) is 107 cm³/mol. The highest BCUT2D eigenvalue weighted by Gasteiger charge is 2.26. The average molecular weight is 383 g/mol. The van der Waals surface area contributed by atoms with E-state index in [0.29, 0.717) is 11.3 Å². The number of amides is 2. The van der Waals surface area contributed by atoms with Gasteiger partial charge in [0.1, 0.15) is 5.82 Å². The summed E-state index contributed by atoms with van der Waals surface area (Å²) in [7, 11) is 0. The second kappa shape index (κ2) is 8.97. The zero-order chi connectivity index (χ0) is 20.1. The molecule has 3 rings (SSSR count). The maximum Gasteiger partial charge on any atom is 0.255 e. The average Bonchev–Trinajstić information content (AvgIpc) is 2.69. The smallest absolute Gasteiger partial charge is 0.255 e. The lowest BCUT2D eigenvalue weighted by atomic mass is 9.85. The van der Waals surface area contributed by atoms with Crippen molar-refractivity contribution in [2.45, 2.75) is 44.7 Å². The van der Waals surface area contributed by atoms with E-state index in [-0.39, 0.29) is 35.6 Å². The van der Waals surface area contributed by atoms with Crippen molar-refractivity contribution in [3.05, 3.63) is 65.5 Å². The number of hydrogen-bond acceptors (Lipinski definition) is 3. The van der Waals surface area contributed by atoms with Crippen LogP contribution in [0.3, 0.4) is 0 Å². The maximum absolute atomic E-state index is 13.0. The van der Waals surface area contributed by atoms with Gasteiger partial charge in [0.05, 0.1) is 6.04 Å². The minimum atomic E-state index is -0.382. The molecule has 0 bridgehead atoms. The molecule has 0 spiro atoms. The van der Waals surface area contributed by atoms with E-state index in [1.165, 1.54) is 24.3 Å². The standard InChI is InChI=1S/C22H26FN3O2/c1-14(25-22(28)17-3-2-4-19(24)13-17)15-7-11-20(12-8-15)26-21(27)16-5-9-18(23)10-6-16/h5-12,14,17,19H,2-4,13,24H2,1H3,(H,25,28)(H,26,27). The quantitative estimate of drug-likeness (QED) is 0.735. The lowest BCUT2D eigenvalue weighted by molar-refractivity contribution is -0.126. The van der Waals surface area contributed by atoms with Gasteiger partial charge in [-0.1, -0.05) is 18.6 Å². The summed E-state index contributed by atoms with van der Waals surface area (Å²) < 4.78 is 13.0. The molecule has 6 heteroatoms. The van der Waals surface area contributed by atoms with E-state index >= 15 is 0 Å². The molecule has 3 atom stereocenters. The largest absolute Gasteiger partial charge is 0.349 e. The lowest BCUT2D eigenvalue weighted by Gasteiger charge is -2.27. The summed E-state index contributed by atoms with van der Waals surface area (Å²) in [6.45, 7) is 1.94. The van der Waals surface area contributed by atoms with E-state index < -0.39 is 0 Å². The summed E-state index contributed by atoms with van der Waals surface area (Å²) in [6, 6.07) is 12.7. The van der Waals surface area contributed by atoms with Gasteiger partial charge in [0, 0.05) is 23.2 Å². The van der Waals surface area contributed by atoms with E-state index in [4.69, 9.17) is 5.73 Å². The molecule has 0 heterocycles. The number of carbonyl (C=O) groups is 2. The summed E-state index contributed by atoms with van der Waals surface area (Å²) in [5.41, 5.74) is 7.95.